The van der Waals surface area contributed by atoms with Crippen LogP contribution in [0, 0.1) is 11.6 Å². The molecule has 0 bridgehead atoms. The zero-order valence-electron chi connectivity index (χ0n) is 17.2. The van der Waals surface area contributed by atoms with Gasteiger partial charge >= 0.3 is 0 Å². The molecule has 166 valence electrons. The van der Waals surface area contributed by atoms with Gasteiger partial charge in [0.25, 0.3) is 0 Å². The molecule has 31 heavy (non-hydrogen) atoms. The number of rotatable bonds is 6. The predicted molar refractivity (Wildman–Crippen MR) is 111 cm³/mol. The average Bonchev–Trinajstić information content (AvgIpc) is 2.75. The Morgan fingerprint density at radius 3 is 2.13 bits per heavy atom. The van der Waals surface area contributed by atoms with E-state index < -0.39 is 21.7 Å². The number of ketones is 1. The van der Waals surface area contributed by atoms with Crippen LogP contribution in [0.4, 0.5) is 14.5 Å². The Bertz CT molecular complexity index is 1080. The molecule has 0 saturated carbocycles. The minimum absolute atomic E-state index is 0.0513. The maximum absolute atomic E-state index is 13.4. The Balaban J connectivity index is 1.59. The van der Waals surface area contributed by atoms with Crippen molar-refractivity contribution in [1.82, 2.24) is 9.21 Å². The average molecular weight is 451 g/mol. The van der Waals surface area contributed by atoms with Crippen molar-refractivity contribution in [2.45, 2.75) is 11.8 Å². The Labute approximate surface area is 179 Å². The molecule has 10 heteroatoms. The fourth-order valence-corrected chi connectivity index (χ4v) is 4.73. The van der Waals surface area contributed by atoms with E-state index in [2.05, 4.69) is 0 Å². The first-order valence-electron chi connectivity index (χ1n) is 9.64. The van der Waals surface area contributed by atoms with E-state index in [-0.39, 0.29) is 49.3 Å². The summed E-state index contributed by atoms with van der Waals surface area (Å²) >= 11 is 0. The summed E-state index contributed by atoms with van der Waals surface area (Å²) in [5.74, 6) is -2.34. The molecule has 0 N–H and O–H groups in total. The standard InChI is InChI=1S/C21H23F2N3O4S/c1-15(27)16-3-6-18(7-4-16)31(29,30)26-11-9-25(10-12-26)21(28)14-24(2)17-5-8-19(22)20(23)13-17/h3-8,13H,9-12,14H2,1-2H3. The summed E-state index contributed by atoms with van der Waals surface area (Å²) in [6, 6.07) is 9.16. The number of amides is 1. The SMILES string of the molecule is CC(=O)c1ccc(S(=O)(=O)N2CCN(C(=O)CN(C)c3ccc(F)c(F)c3)CC2)cc1. The van der Waals surface area contributed by atoms with Crippen LogP contribution in [0.25, 0.3) is 0 Å². The number of carbonyl (C=O) groups is 2. The van der Waals surface area contributed by atoms with E-state index in [0.29, 0.717) is 11.3 Å². The maximum Gasteiger partial charge on any atom is 0.243 e. The Hall–Kier alpha value is -2.85. The number of piperazine rings is 1. The number of nitrogens with zero attached hydrogens (tertiary/aromatic N) is 3. The van der Waals surface area contributed by atoms with Crippen LogP contribution in [-0.4, -0.2) is 69.1 Å². The van der Waals surface area contributed by atoms with Crippen LogP contribution < -0.4 is 4.90 Å². The molecular formula is C21H23F2N3O4S. The number of halogens is 2. The highest BCUT2D eigenvalue weighted by Crippen LogP contribution is 2.20. The van der Waals surface area contributed by atoms with Crippen LogP contribution in [-0.2, 0) is 14.8 Å². The second-order valence-corrected chi connectivity index (χ2v) is 9.26. The summed E-state index contributed by atoms with van der Waals surface area (Å²) in [5, 5.41) is 0. The quantitative estimate of drug-likeness (QED) is 0.629. The van der Waals surface area contributed by atoms with Crippen LogP contribution in [0.15, 0.2) is 47.4 Å². The van der Waals surface area contributed by atoms with E-state index in [0.717, 1.165) is 12.1 Å². The summed E-state index contributed by atoms with van der Waals surface area (Å²) in [6.07, 6.45) is 0. The molecule has 0 radical (unpaired) electrons. The number of likely N-dealkylation sites (N-methyl/N-ethyl adjacent to an activating group) is 1. The van der Waals surface area contributed by atoms with Crippen molar-refractivity contribution in [3.8, 4) is 0 Å². The first-order valence-corrected chi connectivity index (χ1v) is 11.1. The smallest absolute Gasteiger partial charge is 0.243 e. The van der Waals surface area contributed by atoms with E-state index in [1.807, 2.05) is 0 Å². The second kappa shape index (κ2) is 9.11. The molecule has 0 aromatic heterocycles. The van der Waals surface area contributed by atoms with Gasteiger partial charge < -0.3 is 9.80 Å². The van der Waals surface area contributed by atoms with Crippen molar-refractivity contribution in [3.63, 3.8) is 0 Å². The van der Waals surface area contributed by atoms with Gasteiger partial charge in [-0.3, -0.25) is 9.59 Å². The van der Waals surface area contributed by atoms with Gasteiger partial charge in [0.2, 0.25) is 15.9 Å². The third-order valence-electron chi connectivity index (χ3n) is 5.21. The summed E-state index contributed by atoms with van der Waals surface area (Å²) in [6.45, 7) is 2.06. The van der Waals surface area contributed by atoms with Gasteiger partial charge in [-0.25, -0.2) is 17.2 Å². The Morgan fingerprint density at radius 2 is 1.58 bits per heavy atom. The van der Waals surface area contributed by atoms with Crippen LogP contribution in [0.1, 0.15) is 17.3 Å². The first kappa shape index (κ1) is 22.8. The molecule has 0 aliphatic carbocycles. The fourth-order valence-electron chi connectivity index (χ4n) is 3.31. The normalized spacial score (nSPS) is 15.0. The molecule has 1 heterocycles. The summed E-state index contributed by atoms with van der Waals surface area (Å²) in [5.41, 5.74) is 0.794. The highest BCUT2D eigenvalue weighted by molar-refractivity contribution is 7.89. The fraction of sp³-hybridized carbons (Fsp3) is 0.333. The molecule has 7 nitrogen and oxygen atoms in total. The highest BCUT2D eigenvalue weighted by atomic mass is 32.2. The molecule has 1 saturated heterocycles. The van der Waals surface area contributed by atoms with Gasteiger partial charge in [0, 0.05) is 50.5 Å². The number of sulfonamides is 1. The third-order valence-corrected chi connectivity index (χ3v) is 7.12. The van der Waals surface area contributed by atoms with Gasteiger partial charge in [-0.1, -0.05) is 12.1 Å². The van der Waals surface area contributed by atoms with Crippen molar-refractivity contribution in [3.05, 3.63) is 59.7 Å². The molecule has 1 fully saturated rings. The molecule has 0 spiro atoms. The number of anilines is 1. The Kier molecular flexibility index (Phi) is 6.71. The second-order valence-electron chi connectivity index (χ2n) is 7.32. The molecule has 0 unspecified atom stereocenters. The number of benzene rings is 2. The maximum atomic E-state index is 13.4. The number of carbonyl (C=O) groups excluding carboxylic acids is 2. The minimum atomic E-state index is -3.73. The monoisotopic (exact) mass is 451 g/mol. The zero-order chi connectivity index (χ0) is 22.8. The van der Waals surface area contributed by atoms with Crippen molar-refractivity contribution in [2.24, 2.45) is 0 Å². The van der Waals surface area contributed by atoms with Crippen LogP contribution in [0.3, 0.4) is 0 Å². The van der Waals surface area contributed by atoms with E-state index in [9.17, 15) is 26.8 Å². The van der Waals surface area contributed by atoms with Gasteiger partial charge in [-0.2, -0.15) is 4.31 Å². The van der Waals surface area contributed by atoms with E-state index >= 15 is 0 Å². The summed E-state index contributed by atoms with van der Waals surface area (Å²) < 4.78 is 53.5. The van der Waals surface area contributed by atoms with Crippen LogP contribution >= 0.6 is 0 Å². The molecule has 2 aromatic carbocycles. The third kappa shape index (κ3) is 5.08. The molecule has 1 amide bonds. The van der Waals surface area contributed by atoms with Gasteiger partial charge in [0.15, 0.2) is 17.4 Å². The van der Waals surface area contributed by atoms with Gasteiger partial charge in [0.1, 0.15) is 0 Å². The molecule has 3 rings (SSSR count). The summed E-state index contributed by atoms with van der Waals surface area (Å²) in [7, 11) is -2.14. The zero-order valence-corrected chi connectivity index (χ0v) is 18.0. The van der Waals surface area contributed by atoms with Crippen molar-refractivity contribution >= 4 is 27.4 Å². The first-order chi connectivity index (χ1) is 14.6. The highest BCUT2D eigenvalue weighted by Gasteiger charge is 2.30. The molecular weight excluding hydrogens is 428 g/mol. The largest absolute Gasteiger partial charge is 0.365 e. The van der Waals surface area contributed by atoms with Crippen LogP contribution in [0.2, 0.25) is 0 Å². The number of hydrogen-bond acceptors (Lipinski definition) is 5. The van der Waals surface area contributed by atoms with E-state index in [1.165, 1.54) is 46.5 Å². The lowest BCUT2D eigenvalue weighted by Crippen LogP contribution is -2.52. The van der Waals surface area contributed by atoms with Gasteiger partial charge in [-0.15, -0.1) is 0 Å². The lowest BCUT2D eigenvalue weighted by molar-refractivity contribution is -0.130. The number of Topliss-reactive ketones (excluding diaryl/α,β-unsaturated/α-hetero) is 1. The molecule has 2 aromatic rings. The molecule has 0 atom stereocenters. The lowest BCUT2D eigenvalue weighted by Gasteiger charge is -2.35. The van der Waals surface area contributed by atoms with Crippen molar-refractivity contribution in [1.29, 1.82) is 0 Å². The van der Waals surface area contributed by atoms with Crippen molar-refractivity contribution < 1.29 is 26.8 Å². The number of hydrogen-bond donors (Lipinski definition) is 0. The topological polar surface area (TPSA) is 78.0 Å². The van der Waals surface area contributed by atoms with E-state index in [1.54, 1.807) is 11.9 Å². The summed E-state index contributed by atoms with van der Waals surface area (Å²) in [4.78, 5) is 27.1. The van der Waals surface area contributed by atoms with Crippen LogP contribution in [0.5, 0.6) is 0 Å². The van der Waals surface area contributed by atoms with Crippen molar-refractivity contribution in [2.75, 3.05) is 44.7 Å². The lowest BCUT2D eigenvalue weighted by atomic mass is 10.2. The van der Waals surface area contributed by atoms with Gasteiger partial charge in [0.05, 0.1) is 11.4 Å². The Morgan fingerprint density at radius 1 is 0.968 bits per heavy atom. The minimum Gasteiger partial charge on any atom is -0.365 e. The predicted octanol–water partition coefficient (Wildman–Crippen LogP) is 2.14. The molecule has 1 aliphatic heterocycles. The molecule has 1 aliphatic rings. The van der Waals surface area contributed by atoms with Gasteiger partial charge in [-0.05, 0) is 31.2 Å². The van der Waals surface area contributed by atoms with E-state index in [4.69, 9.17) is 0 Å².